The summed E-state index contributed by atoms with van der Waals surface area (Å²) in [7, 11) is 5.88. The van der Waals surface area contributed by atoms with Crippen LogP contribution in [-0.4, -0.2) is 26.1 Å². The summed E-state index contributed by atoms with van der Waals surface area (Å²) in [5.41, 5.74) is 2.15. The maximum atomic E-state index is 4.07. The van der Waals surface area contributed by atoms with Crippen molar-refractivity contribution in [1.82, 2.24) is 4.98 Å². The third-order valence-electron chi connectivity index (χ3n) is 1.53. The number of pyridine rings is 1. The Balaban J connectivity index is 2.91. The van der Waals surface area contributed by atoms with Crippen LogP contribution in [0.4, 0.5) is 11.4 Å². The van der Waals surface area contributed by atoms with Crippen molar-refractivity contribution in [1.29, 1.82) is 0 Å². The van der Waals surface area contributed by atoms with Crippen LogP contribution in [0, 0.1) is 0 Å². The first-order valence-electron chi connectivity index (χ1n) is 3.54. The van der Waals surface area contributed by atoms with E-state index in [9.17, 15) is 0 Å². The van der Waals surface area contributed by atoms with Gasteiger partial charge in [-0.15, -0.1) is 0 Å². The summed E-state index contributed by atoms with van der Waals surface area (Å²) in [5.74, 6) is 0. The Morgan fingerprint density at radius 1 is 1.36 bits per heavy atom. The number of nitrogens with zero attached hydrogens (tertiary/aromatic N) is 2. The quantitative estimate of drug-likeness (QED) is 0.688. The fourth-order valence-corrected chi connectivity index (χ4v) is 0.809. The molecule has 1 aromatic heterocycles. The van der Waals surface area contributed by atoms with Crippen molar-refractivity contribution in [3.05, 3.63) is 18.5 Å². The topological polar surface area (TPSA) is 28.2 Å². The third-order valence-corrected chi connectivity index (χ3v) is 1.53. The zero-order chi connectivity index (χ0) is 8.27. The second kappa shape index (κ2) is 3.23. The predicted octanol–water partition coefficient (Wildman–Crippen LogP) is 1.19. The standard InChI is InChI=1S/C8H13N3/c1-9-7-4-8(11(2)3)6-10-5-7/h4-6,9H,1-3H3. The van der Waals surface area contributed by atoms with Crippen LogP contribution in [0.5, 0.6) is 0 Å². The maximum Gasteiger partial charge on any atom is 0.0568 e. The van der Waals surface area contributed by atoms with E-state index < -0.39 is 0 Å². The number of hydrogen-bond donors (Lipinski definition) is 1. The molecule has 0 unspecified atom stereocenters. The number of nitrogens with one attached hydrogen (secondary N) is 1. The van der Waals surface area contributed by atoms with Gasteiger partial charge >= 0.3 is 0 Å². The van der Waals surface area contributed by atoms with E-state index in [0.717, 1.165) is 11.4 Å². The molecule has 0 saturated carbocycles. The molecule has 0 aliphatic heterocycles. The van der Waals surface area contributed by atoms with Crippen molar-refractivity contribution >= 4 is 11.4 Å². The van der Waals surface area contributed by atoms with E-state index in [4.69, 9.17) is 0 Å². The summed E-state index contributed by atoms with van der Waals surface area (Å²) in [5, 5.41) is 3.03. The van der Waals surface area contributed by atoms with Gasteiger partial charge in [0.1, 0.15) is 0 Å². The molecule has 60 valence electrons. The van der Waals surface area contributed by atoms with Crippen molar-refractivity contribution in [2.45, 2.75) is 0 Å². The summed E-state index contributed by atoms with van der Waals surface area (Å²) in [6.45, 7) is 0. The van der Waals surface area contributed by atoms with Gasteiger partial charge in [-0.2, -0.15) is 0 Å². The lowest BCUT2D eigenvalue weighted by Crippen LogP contribution is -2.09. The van der Waals surface area contributed by atoms with Crippen LogP contribution in [0.1, 0.15) is 0 Å². The fourth-order valence-electron chi connectivity index (χ4n) is 0.809. The molecule has 0 radical (unpaired) electrons. The Morgan fingerprint density at radius 2 is 2.09 bits per heavy atom. The highest BCUT2D eigenvalue weighted by Gasteiger charge is 1.95. The molecule has 0 fully saturated rings. The van der Waals surface area contributed by atoms with Crippen LogP contribution in [0.2, 0.25) is 0 Å². The molecule has 3 heteroatoms. The molecule has 1 heterocycles. The van der Waals surface area contributed by atoms with E-state index in [1.807, 2.05) is 38.3 Å². The minimum atomic E-state index is 1.04. The van der Waals surface area contributed by atoms with Crippen molar-refractivity contribution in [2.24, 2.45) is 0 Å². The normalized spacial score (nSPS) is 9.36. The van der Waals surface area contributed by atoms with Crippen LogP contribution >= 0.6 is 0 Å². The fraction of sp³-hybridized carbons (Fsp3) is 0.375. The van der Waals surface area contributed by atoms with E-state index in [2.05, 4.69) is 10.3 Å². The van der Waals surface area contributed by atoms with Gasteiger partial charge in [-0.1, -0.05) is 0 Å². The molecule has 1 N–H and O–H groups in total. The summed E-state index contributed by atoms with van der Waals surface area (Å²) in [6, 6.07) is 2.05. The lowest BCUT2D eigenvalue weighted by atomic mass is 10.3. The van der Waals surface area contributed by atoms with Crippen LogP contribution in [0.3, 0.4) is 0 Å². The average Bonchev–Trinajstić information content (AvgIpc) is 2.05. The highest BCUT2D eigenvalue weighted by atomic mass is 15.1. The van der Waals surface area contributed by atoms with Gasteiger partial charge in [0.2, 0.25) is 0 Å². The van der Waals surface area contributed by atoms with E-state index in [-0.39, 0.29) is 0 Å². The number of anilines is 2. The predicted molar refractivity (Wildman–Crippen MR) is 48.1 cm³/mol. The van der Waals surface area contributed by atoms with Gasteiger partial charge in [0, 0.05) is 21.1 Å². The Labute approximate surface area is 67.1 Å². The second-order valence-corrected chi connectivity index (χ2v) is 2.58. The SMILES string of the molecule is CNc1cncc(N(C)C)c1. The highest BCUT2D eigenvalue weighted by Crippen LogP contribution is 2.13. The first-order valence-corrected chi connectivity index (χ1v) is 3.54. The lowest BCUT2D eigenvalue weighted by molar-refractivity contribution is 1.11. The first kappa shape index (κ1) is 7.85. The Hall–Kier alpha value is -1.25. The minimum absolute atomic E-state index is 1.04. The van der Waals surface area contributed by atoms with Crippen molar-refractivity contribution < 1.29 is 0 Å². The molecule has 0 saturated heterocycles. The molecule has 0 aliphatic carbocycles. The Kier molecular flexibility index (Phi) is 2.31. The first-order chi connectivity index (χ1) is 5.24. The summed E-state index contributed by atoms with van der Waals surface area (Å²) >= 11 is 0. The van der Waals surface area contributed by atoms with Gasteiger partial charge in [0.25, 0.3) is 0 Å². The molecule has 0 atom stereocenters. The summed E-state index contributed by atoms with van der Waals surface area (Å²) in [4.78, 5) is 6.09. The molecule has 1 rings (SSSR count). The largest absolute Gasteiger partial charge is 0.387 e. The highest BCUT2D eigenvalue weighted by molar-refractivity contribution is 5.54. The Morgan fingerprint density at radius 3 is 2.64 bits per heavy atom. The van der Waals surface area contributed by atoms with Crippen molar-refractivity contribution in [2.75, 3.05) is 31.4 Å². The molecule has 1 aromatic rings. The number of aromatic nitrogens is 1. The minimum Gasteiger partial charge on any atom is -0.387 e. The molecule has 3 nitrogen and oxygen atoms in total. The lowest BCUT2D eigenvalue weighted by Gasteiger charge is -2.12. The molecular formula is C8H13N3. The zero-order valence-electron chi connectivity index (χ0n) is 7.13. The monoisotopic (exact) mass is 151 g/mol. The van der Waals surface area contributed by atoms with Crippen LogP contribution < -0.4 is 10.2 Å². The van der Waals surface area contributed by atoms with Crippen LogP contribution in [0.15, 0.2) is 18.5 Å². The Bertz CT molecular complexity index is 233. The average molecular weight is 151 g/mol. The van der Waals surface area contributed by atoms with Gasteiger partial charge in [-0.3, -0.25) is 4.98 Å². The number of rotatable bonds is 2. The molecule has 11 heavy (non-hydrogen) atoms. The molecule has 0 aliphatic rings. The smallest absolute Gasteiger partial charge is 0.0568 e. The maximum absolute atomic E-state index is 4.07. The molecule has 0 aromatic carbocycles. The van der Waals surface area contributed by atoms with Gasteiger partial charge in [0.05, 0.1) is 23.8 Å². The van der Waals surface area contributed by atoms with Gasteiger partial charge in [-0.05, 0) is 6.07 Å². The van der Waals surface area contributed by atoms with E-state index >= 15 is 0 Å². The molecule has 0 amide bonds. The molecular weight excluding hydrogens is 138 g/mol. The zero-order valence-corrected chi connectivity index (χ0v) is 7.13. The van der Waals surface area contributed by atoms with E-state index in [1.165, 1.54) is 0 Å². The van der Waals surface area contributed by atoms with Crippen molar-refractivity contribution in [3.63, 3.8) is 0 Å². The van der Waals surface area contributed by atoms with Crippen LogP contribution in [-0.2, 0) is 0 Å². The van der Waals surface area contributed by atoms with E-state index in [0.29, 0.717) is 0 Å². The molecule has 0 bridgehead atoms. The summed E-state index contributed by atoms with van der Waals surface area (Å²) in [6.07, 6.45) is 3.63. The van der Waals surface area contributed by atoms with Gasteiger partial charge in [-0.25, -0.2) is 0 Å². The number of hydrogen-bond acceptors (Lipinski definition) is 3. The van der Waals surface area contributed by atoms with Crippen molar-refractivity contribution in [3.8, 4) is 0 Å². The summed E-state index contributed by atoms with van der Waals surface area (Å²) < 4.78 is 0. The van der Waals surface area contributed by atoms with E-state index in [1.54, 1.807) is 6.20 Å². The third kappa shape index (κ3) is 1.83. The second-order valence-electron chi connectivity index (χ2n) is 2.58. The van der Waals surface area contributed by atoms with Gasteiger partial charge < -0.3 is 10.2 Å². The van der Waals surface area contributed by atoms with Crippen LogP contribution in [0.25, 0.3) is 0 Å². The molecule has 0 spiro atoms. The van der Waals surface area contributed by atoms with Gasteiger partial charge in [0.15, 0.2) is 0 Å².